The van der Waals surface area contributed by atoms with E-state index in [-0.39, 0.29) is 29.3 Å². The van der Waals surface area contributed by atoms with Crippen LogP contribution in [0.3, 0.4) is 0 Å². The molecule has 0 bridgehead atoms. The lowest BCUT2D eigenvalue weighted by atomic mass is 10.0. The van der Waals surface area contributed by atoms with Crippen molar-refractivity contribution in [3.05, 3.63) is 72.1 Å². The molecule has 1 aliphatic rings. The summed E-state index contributed by atoms with van der Waals surface area (Å²) >= 11 is 0. The summed E-state index contributed by atoms with van der Waals surface area (Å²) in [5.74, 6) is 0.358. The van der Waals surface area contributed by atoms with Crippen LogP contribution in [0.4, 0.5) is 0 Å². The van der Waals surface area contributed by atoms with E-state index in [9.17, 15) is 9.90 Å². The highest BCUT2D eigenvalue weighted by Crippen LogP contribution is 2.30. The molecule has 1 aromatic heterocycles. The molecule has 1 saturated heterocycles. The minimum Gasteiger partial charge on any atom is -0.506 e. The van der Waals surface area contributed by atoms with Gasteiger partial charge in [-0.15, -0.1) is 0 Å². The number of para-hydroxylation sites is 2. The molecule has 0 aliphatic carbocycles. The molecule has 1 amide bonds. The lowest BCUT2D eigenvalue weighted by Crippen LogP contribution is -2.36. The van der Waals surface area contributed by atoms with Crippen molar-refractivity contribution in [1.29, 1.82) is 0 Å². The normalized spacial score (nSPS) is 19.3. The molecule has 1 fully saturated rings. The minimum atomic E-state index is -0.284. The molecule has 2 atom stereocenters. The molecule has 3 N–H and O–H groups in total. The summed E-state index contributed by atoms with van der Waals surface area (Å²) < 4.78 is 5.83. The summed E-state index contributed by atoms with van der Waals surface area (Å²) in [4.78, 5) is 17.2. The van der Waals surface area contributed by atoms with E-state index in [1.807, 2.05) is 54.6 Å². The maximum atomic E-state index is 12.7. The molecule has 0 saturated carbocycles. The fourth-order valence-electron chi connectivity index (χ4n) is 3.77. The maximum Gasteiger partial charge on any atom is 0.255 e. The first-order valence-corrected chi connectivity index (χ1v) is 9.29. The van der Waals surface area contributed by atoms with E-state index in [0.717, 1.165) is 16.5 Å². The lowest BCUT2D eigenvalue weighted by Gasteiger charge is -2.13. The number of hydrogen-bond acceptors (Lipinski definition) is 5. The average molecular weight is 373 g/mol. The summed E-state index contributed by atoms with van der Waals surface area (Å²) in [6.45, 7) is 0.615. The van der Waals surface area contributed by atoms with Crippen molar-refractivity contribution in [1.82, 2.24) is 15.6 Å². The number of hydrogen-bond donors (Lipinski definition) is 3. The van der Waals surface area contributed by atoms with Gasteiger partial charge in [0.2, 0.25) is 5.89 Å². The number of carbonyl (C=O) groups excluding carboxylic acids is 1. The van der Waals surface area contributed by atoms with Crippen LogP contribution in [0.5, 0.6) is 5.75 Å². The molecule has 6 nitrogen and oxygen atoms in total. The van der Waals surface area contributed by atoms with Crippen molar-refractivity contribution in [3.63, 3.8) is 0 Å². The SMILES string of the molecule is O=C(N[C@@H]1CN[C@H](c2nc3ccccc3o2)C1)c1ccc2ccccc2c1O. The summed E-state index contributed by atoms with van der Waals surface area (Å²) in [6.07, 6.45) is 0.674. The van der Waals surface area contributed by atoms with Crippen molar-refractivity contribution in [2.45, 2.75) is 18.5 Å². The number of aromatic nitrogens is 1. The second kappa shape index (κ2) is 6.65. The van der Waals surface area contributed by atoms with Gasteiger partial charge in [0.1, 0.15) is 11.3 Å². The average Bonchev–Trinajstić information content (AvgIpc) is 3.35. The number of phenols is 1. The van der Waals surface area contributed by atoms with E-state index in [1.54, 1.807) is 6.07 Å². The standard InChI is InChI=1S/C22H19N3O3/c26-20-15-6-2-1-5-13(15)9-10-16(20)21(27)24-14-11-18(23-12-14)22-25-17-7-3-4-8-19(17)28-22/h1-10,14,18,23,26H,11-12H2,(H,24,27)/t14-,18-/m0/s1. The Balaban J connectivity index is 1.32. The van der Waals surface area contributed by atoms with Crippen molar-refractivity contribution in [3.8, 4) is 5.75 Å². The summed E-state index contributed by atoms with van der Waals surface area (Å²) in [6, 6.07) is 18.5. The first-order valence-electron chi connectivity index (χ1n) is 9.29. The van der Waals surface area contributed by atoms with Crippen LogP contribution in [0, 0.1) is 0 Å². The number of carbonyl (C=O) groups is 1. The van der Waals surface area contributed by atoms with Crippen LogP contribution < -0.4 is 10.6 Å². The summed E-state index contributed by atoms with van der Waals surface area (Å²) in [5.41, 5.74) is 1.87. The Labute approximate surface area is 161 Å². The van der Waals surface area contributed by atoms with Gasteiger partial charge in [-0.1, -0.05) is 42.5 Å². The van der Waals surface area contributed by atoms with Gasteiger partial charge in [0.25, 0.3) is 5.91 Å². The largest absolute Gasteiger partial charge is 0.506 e. The fraction of sp³-hybridized carbons (Fsp3) is 0.182. The third-order valence-corrected chi connectivity index (χ3v) is 5.22. The van der Waals surface area contributed by atoms with Crippen LogP contribution in [0.1, 0.15) is 28.7 Å². The summed E-state index contributed by atoms with van der Waals surface area (Å²) in [7, 11) is 0. The second-order valence-corrected chi connectivity index (χ2v) is 7.07. The Hall–Kier alpha value is -3.38. The van der Waals surface area contributed by atoms with Crippen LogP contribution in [0.2, 0.25) is 0 Å². The van der Waals surface area contributed by atoms with Gasteiger partial charge in [-0.05, 0) is 30.0 Å². The highest BCUT2D eigenvalue weighted by Gasteiger charge is 2.30. The Morgan fingerprint density at radius 1 is 1.11 bits per heavy atom. The van der Waals surface area contributed by atoms with Gasteiger partial charge in [-0.3, -0.25) is 4.79 Å². The molecule has 5 rings (SSSR count). The Kier molecular flexibility index (Phi) is 3.98. The number of aromatic hydroxyl groups is 1. The van der Waals surface area contributed by atoms with E-state index < -0.39 is 0 Å². The smallest absolute Gasteiger partial charge is 0.255 e. The van der Waals surface area contributed by atoms with Crippen molar-refractivity contribution in [2.24, 2.45) is 0 Å². The third kappa shape index (κ3) is 2.88. The quantitative estimate of drug-likeness (QED) is 0.511. The first-order chi connectivity index (χ1) is 13.7. The van der Waals surface area contributed by atoms with E-state index in [2.05, 4.69) is 15.6 Å². The Bertz CT molecular complexity index is 1150. The van der Waals surface area contributed by atoms with Gasteiger partial charge >= 0.3 is 0 Å². The fourth-order valence-corrected chi connectivity index (χ4v) is 3.77. The third-order valence-electron chi connectivity index (χ3n) is 5.22. The zero-order valence-electron chi connectivity index (χ0n) is 15.1. The molecule has 4 aromatic rings. The molecule has 28 heavy (non-hydrogen) atoms. The predicted octanol–water partition coefficient (Wildman–Crippen LogP) is 3.52. The molecule has 0 radical (unpaired) electrons. The monoisotopic (exact) mass is 373 g/mol. The number of phenolic OH excluding ortho intramolecular Hbond substituents is 1. The molecule has 1 aliphatic heterocycles. The number of benzene rings is 3. The van der Waals surface area contributed by atoms with Gasteiger partial charge < -0.3 is 20.2 Å². The van der Waals surface area contributed by atoms with Gasteiger partial charge in [-0.25, -0.2) is 4.98 Å². The minimum absolute atomic E-state index is 0.0112. The zero-order valence-corrected chi connectivity index (χ0v) is 15.1. The highest BCUT2D eigenvalue weighted by molar-refractivity contribution is 6.03. The number of oxazole rings is 1. The second-order valence-electron chi connectivity index (χ2n) is 7.07. The molecule has 2 heterocycles. The van der Waals surface area contributed by atoms with Gasteiger partial charge in [0.15, 0.2) is 5.58 Å². The topological polar surface area (TPSA) is 87.4 Å². The van der Waals surface area contributed by atoms with Gasteiger partial charge in [0.05, 0.1) is 11.6 Å². The molecular formula is C22H19N3O3. The van der Waals surface area contributed by atoms with Crippen molar-refractivity contribution >= 4 is 27.8 Å². The van der Waals surface area contributed by atoms with E-state index in [4.69, 9.17) is 4.42 Å². The number of nitrogens with one attached hydrogen (secondary N) is 2. The number of amides is 1. The lowest BCUT2D eigenvalue weighted by molar-refractivity contribution is 0.0937. The summed E-state index contributed by atoms with van der Waals surface area (Å²) in [5, 5.41) is 18.4. The van der Waals surface area contributed by atoms with E-state index in [1.165, 1.54) is 0 Å². The number of rotatable bonds is 3. The highest BCUT2D eigenvalue weighted by atomic mass is 16.3. The first kappa shape index (κ1) is 16.8. The van der Waals surface area contributed by atoms with E-state index >= 15 is 0 Å². The molecule has 3 aromatic carbocycles. The molecule has 0 unspecified atom stereocenters. The molecule has 6 heteroatoms. The van der Waals surface area contributed by atoms with Crippen LogP contribution in [-0.4, -0.2) is 28.6 Å². The zero-order chi connectivity index (χ0) is 19.1. The molecular weight excluding hydrogens is 354 g/mol. The Morgan fingerprint density at radius 2 is 1.93 bits per heavy atom. The van der Waals surface area contributed by atoms with Crippen LogP contribution in [0.15, 0.2) is 65.1 Å². The molecule has 140 valence electrons. The van der Waals surface area contributed by atoms with E-state index in [0.29, 0.717) is 24.2 Å². The van der Waals surface area contributed by atoms with Gasteiger partial charge in [0, 0.05) is 18.0 Å². The predicted molar refractivity (Wildman–Crippen MR) is 106 cm³/mol. The van der Waals surface area contributed by atoms with Gasteiger partial charge in [-0.2, -0.15) is 0 Å². The maximum absolute atomic E-state index is 12.7. The Morgan fingerprint density at radius 3 is 2.82 bits per heavy atom. The number of nitrogens with zero attached hydrogens (tertiary/aromatic N) is 1. The van der Waals surface area contributed by atoms with Crippen molar-refractivity contribution in [2.75, 3.05) is 6.54 Å². The molecule has 0 spiro atoms. The van der Waals surface area contributed by atoms with Crippen molar-refractivity contribution < 1.29 is 14.3 Å². The van der Waals surface area contributed by atoms with Crippen LogP contribution in [0.25, 0.3) is 21.9 Å². The van der Waals surface area contributed by atoms with Crippen LogP contribution >= 0.6 is 0 Å². The van der Waals surface area contributed by atoms with Crippen LogP contribution in [-0.2, 0) is 0 Å². The number of fused-ring (bicyclic) bond motifs is 2.